The van der Waals surface area contributed by atoms with Crippen molar-refractivity contribution in [3.05, 3.63) is 47.0 Å². The van der Waals surface area contributed by atoms with Crippen LogP contribution in [0.2, 0.25) is 5.02 Å². The summed E-state index contributed by atoms with van der Waals surface area (Å²) in [5.41, 5.74) is 2.17. The minimum atomic E-state index is -0.214. The number of methoxy groups -OCH3 is 2. The molecule has 8 nitrogen and oxygen atoms in total. The Bertz CT molecular complexity index is 978. The van der Waals surface area contributed by atoms with E-state index in [2.05, 4.69) is 20.8 Å². The van der Waals surface area contributed by atoms with Gasteiger partial charge in [0.15, 0.2) is 0 Å². The van der Waals surface area contributed by atoms with Gasteiger partial charge in [-0.25, -0.2) is 0 Å². The van der Waals surface area contributed by atoms with Crippen molar-refractivity contribution in [1.29, 1.82) is 0 Å². The number of anilines is 1. The van der Waals surface area contributed by atoms with Crippen LogP contribution in [0.4, 0.5) is 5.69 Å². The number of aryl methyl sites for hydroxylation is 1. The molecule has 0 fully saturated rings. The van der Waals surface area contributed by atoms with E-state index in [9.17, 15) is 4.79 Å². The van der Waals surface area contributed by atoms with Crippen molar-refractivity contribution in [2.75, 3.05) is 25.3 Å². The highest BCUT2D eigenvalue weighted by Gasteiger charge is 2.14. The summed E-state index contributed by atoms with van der Waals surface area (Å²) in [4.78, 5) is 12.4. The average molecular weight is 420 g/mol. The monoisotopic (exact) mass is 419 g/mol. The van der Waals surface area contributed by atoms with E-state index in [1.165, 1.54) is 18.9 Å². The number of rotatable bonds is 7. The maximum absolute atomic E-state index is 12.4. The molecule has 1 heterocycles. The summed E-state index contributed by atoms with van der Waals surface area (Å²) in [5.74, 6) is 1.14. The maximum atomic E-state index is 12.4. The van der Waals surface area contributed by atoms with E-state index in [1.807, 2.05) is 31.2 Å². The van der Waals surface area contributed by atoms with Crippen molar-refractivity contribution in [2.24, 2.45) is 0 Å². The molecule has 0 aliphatic carbocycles. The Morgan fingerprint density at radius 2 is 1.96 bits per heavy atom. The number of carbonyl (C=O) groups is 1. The molecule has 0 spiro atoms. The van der Waals surface area contributed by atoms with E-state index >= 15 is 0 Å². The molecule has 0 aliphatic rings. The van der Waals surface area contributed by atoms with E-state index in [0.717, 1.165) is 17.0 Å². The van der Waals surface area contributed by atoms with Crippen LogP contribution >= 0.6 is 23.4 Å². The van der Waals surface area contributed by atoms with Crippen molar-refractivity contribution in [3.63, 3.8) is 0 Å². The smallest absolute Gasteiger partial charge is 0.234 e. The largest absolute Gasteiger partial charge is 0.497 e. The Kier molecular flexibility index (Phi) is 6.37. The molecule has 28 heavy (non-hydrogen) atoms. The normalized spacial score (nSPS) is 10.6. The van der Waals surface area contributed by atoms with Crippen LogP contribution in [0, 0.1) is 6.92 Å². The standard InChI is InChI=1S/C18H18ClN5O3S/c1-11-8-15(16(27-3)9-14(11)19)20-17(25)10-28-18-21-22-23-24(18)12-4-6-13(26-2)7-5-12/h4-9H,10H2,1-3H3,(H,20,25). The number of hydrogen-bond donors (Lipinski definition) is 1. The zero-order chi connectivity index (χ0) is 20.1. The predicted molar refractivity (Wildman–Crippen MR) is 108 cm³/mol. The minimum absolute atomic E-state index is 0.126. The minimum Gasteiger partial charge on any atom is -0.497 e. The molecule has 0 saturated heterocycles. The SMILES string of the molecule is COc1ccc(-n2nnnc2SCC(=O)Nc2cc(C)c(Cl)cc2OC)cc1. The molecule has 1 N–H and O–H groups in total. The van der Waals surface area contributed by atoms with Crippen molar-refractivity contribution in [3.8, 4) is 17.2 Å². The number of amides is 1. The Labute approximate surface area is 171 Å². The Balaban J connectivity index is 1.67. The third-order valence-corrected chi connectivity index (χ3v) is 5.17. The molecule has 3 rings (SSSR count). The number of halogens is 1. The number of nitrogens with one attached hydrogen (secondary N) is 1. The highest BCUT2D eigenvalue weighted by molar-refractivity contribution is 7.99. The fraction of sp³-hybridized carbons (Fsp3) is 0.222. The summed E-state index contributed by atoms with van der Waals surface area (Å²) in [6.45, 7) is 1.86. The molecular formula is C18H18ClN5O3S. The van der Waals surface area contributed by atoms with Crippen LogP contribution in [0.1, 0.15) is 5.56 Å². The maximum Gasteiger partial charge on any atom is 0.234 e. The van der Waals surface area contributed by atoms with Gasteiger partial charge in [-0.1, -0.05) is 23.4 Å². The number of aromatic nitrogens is 4. The van der Waals surface area contributed by atoms with Gasteiger partial charge in [0.2, 0.25) is 11.1 Å². The fourth-order valence-electron chi connectivity index (χ4n) is 2.40. The first-order valence-electron chi connectivity index (χ1n) is 8.21. The third kappa shape index (κ3) is 4.55. The number of thioether (sulfide) groups is 1. The van der Waals surface area contributed by atoms with Crippen LogP contribution in [-0.4, -0.2) is 46.1 Å². The quantitative estimate of drug-likeness (QED) is 0.587. The summed E-state index contributed by atoms with van der Waals surface area (Å²) < 4.78 is 12.0. The van der Waals surface area contributed by atoms with Crippen LogP contribution in [0.3, 0.4) is 0 Å². The van der Waals surface area contributed by atoms with E-state index < -0.39 is 0 Å². The average Bonchev–Trinajstić information content (AvgIpc) is 3.17. The van der Waals surface area contributed by atoms with Gasteiger partial charge in [-0.05, 0) is 53.2 Å². The van der Waals surface area contributed by atoms with Crippen LogP contribution in [0.5, 0.6) is 11.5 Å². The van der Waals surface area contributed by atoms with Crippen molar-refractivity contribution >= 4 is 35.0 Å². The molecule has 1 amide bonds. The zero-order valence-corrected chi connectivity index (χ0v) is 17.0. The molecular weight excluding hydrogens is 402 g/mol. The third-order valence-electron chi connectivity index (χ3n) is 3.85. The topological polar surface area (TPSA) is 91.2 Å². The first-order valence-corrected chi connectivity index (χ1v) is 9.57. The van der Waals surface area contributed by atoms with Gasteiger partial charge in [-0.3, -0.25) is 4.79 Å². The molecule has 0 saturated carbocycles. The zero-order valence-electron chi connectivity index (χ0n) is 15.5. The first-order chi connectivity index (χ1) is 13.5. The molecule has 0 aliphatic heterocycles. The fourth-order valence-corrected chi connectivity index (χ4v) is 3.25. The van der Waals surface area contributed by atoms with E-state index in [4.69, 9.17) is 21.1 Å². The number of benzene rings is 2. The lowest BCUT2D eigenvalue weighted by molar-refractivity contribution is -0.113. The molecule has 10 heteroatoms. The lowest BCUT2D eigenvalue weighted by atomic mass is 10.2. The van der Waals surface area contributed by atoms with Crippen LogP contribution in [0.15, 0.2) is 41.6 Å². The lowest BCUT2D eigenvalue weighted by Gasteiger charge is -2.12. The first kappa shape index (κ1) is 20.0. The molecule has 3 aromatic rings. The van der Waals surface area contributed by atoms with Gasteiger partial charge in [0.1, 0.15) is 11.5 Å². The molecule has 2 aromatic carbocycles. The van der Waals surface area contributed by atoms with E-state index in [1.54, 1.807) is 23.9 Å². The van der Waals surface area contributed by atoms with Gasteiger partial charge in [-0.15, -0.1) is 5.10 Å². The summed E-state index contributed by atoms with van der Waals surface area (Å²) in [5, 5.41) is 15.6. The van der Waals surface area contributed by atoms with Crippen LogP contribution < -0.4 is 14.8 Å². The Hall–Kier alpha value is -2.78. The highest BCUT2D eigenvalue weighted by Crippen LogP contribution is 2.31. The Morgan fingerprint density at radius 1 is 1.21 bits per heavy atom. The number of hydrogen-bond acceptors (Lipinski definition) is 7. The van der Waals surface area contributed by atoms with Crippen molar-refractivity contribution in [2.45, 2.75) is 12.1 Å². The predicted octanol–water partition coefficient (Wildman–Crippen LogP) is 3.37. The second kappa shape index (κ2) is 8.94. The molecule has 1 aromatic heterocycles. The second-order valence-corrected chi connectivity index (χ2v) is 7.06. The van der Waals surface area contributed by atoms with Gasteiger partial charge >= 0.3 is 0 Å². The van der Waals surface area contributed by atoms with E-state index in [0.29, 0.717) is 21.6 Å². The number of nitrogens with zero attached hydrogens (tertiary/aromatic N) is 4. The molecule has 0 unspecified atom stereocenters. The molecule has 0 radical (unpaired) electrons. The second-order valence-electron chi connectivity index (χ2n) is 5.71. The van der Waals surface area contributed by atoms with Crippen molar-refractivity contribution in [1.82, 2.24) is 20.2 Å². The van der Waals surface area contributed by atoms with Gasteiger partial charge < -0.3 is 14.8 Å². The summed E-state index contributed by atoms with van der Waals surface area (Å²) >= 11 is 7.32. The summed E-state index contributed by atoms with van der Waals surface area (Å²) in [6, 6.07) is 10.7. The van der Waals surface area contributed by atoms with Crippen LogP contribution in [0.25, 0.3) is 5.69 Å². The van der Waals surface area contributed by atoms with Crippen molar-refractivity contribution < 1.29 is 14.3 Å². The molecule has 146 valence electrons. The summed E-state index contributed by atoms with van der Waals surface area (Å²) in [6.07, 6.45) is 0. The lowest BCUT2D eigenvalue weighted by Crippen LogP contribution is -2.15. The highest BCUT2D eigenvalue weighted by atomic mass is 35.5. The molecule has 0 bridgehead atoms. The van der Waals surface area contributed by atoms with Gasteiger partial charge in [0.25, 0.3) is 0 Å². The van der Waals surface area contributed by atoms with Gasteiger partial charge in [0, 0.05) is 11.1 Å². The van der Waals surface area contributed by atoms with Crippen LogP contribution in [-0.2, 0) is 4.79 Å². The Morgan fingerprint density at radius 3 is 2.64 bits per heavy atom. The van der Waals surface area contributed by atoms with Gasteiger partial charge in [-0.2, -0.15) is 4.68 Å². The number of carbonyl (C=O) groups excluding carboxylic acids is 1. The van der Waals surface area contributed by atoms with E-state index in [-0.39, 0.29) is 11.7 Å². The number of ether oxygens (including phenoxy) is 2. The molecule has 0 atom stereocenters. The van der Waals surface area contributed by atoms with Gasteiger partial charge in [0.05, 0.1) is 31.3 Å². The summed E-state index contributed by atoms with van der Waals surface area (Å²) in [7, 11) is 3.12. The number of tetrazole rings is 1.